The summed E-state index contributed by atoms with van der Waals surface area (Å²) >= 11 is 0. The van der Waals surface area contributed by atoms with Crippen LogP contribution in [-0.2, 0) is 0 Å². The van der Waals surface area contributed by atoms with Gasteiger partial charge >= 0.3 is 0 Å². The molecule has 0 fully saturated rings. The van der Waals surface area contributed by atoms with E-state index in [1.165, 1.54) is 0 Å². The van der Waals surface area contributed by atoms with E-state index in [4.69, 9.17) is 20.0 Å². The predicted molar refractivity (Wildman–Crippen MR) is 134 cm³/mol. The second-order valence-corrected chi connectivity index (χ2v) is 9.17. The maximum absolute atomic E-state index is 13.5. The molecule has 0 aromatic heterocycles. The number of rotatable bonds is 9. The lowest BCUT2D eigenvalue weighted by atomic mass is 10.1. The molecule has 0 saturated carbocycles. The first-order valence-corrected chi connectivity index (χ1v) is 11.6. The van der Waals surface area contributed by atoms with E-state index in [2.05, 4.69) is 39.8 Å². The molecule has 0 aliphatic rings. The molecule has 178 valence electrons. The Morgan fingerprint density at radius 1 is 0.714 bits per heavy atom. The number of nitriles is 2. The van der Waals surface area contributed by atoms with Crippen molar-refractivity contribution in [3.8, 4) is 35.1 Å². The van der Waals surface area contributed by atoms with Crippen molar-refractivity contribution in [2.24, 2.45) is 11.8 Å². The molecule has 0 atom stereocenters. The van der Waals surface area contributed by atoms with E-state index in [0.717, 1.165) is 0 Å². The molecule has 3 rings (SSSR count). The highest BCUT2D eigenvalue weighted by Gasteiger charge is 2.20. The molecule has 35 heavy (non-hydrogen) atoms. The van der Waals surface area contributed by atoms with Gasteiger partial charge in [-0.3, -0.25) is 4.79 Å². The minimum absolute atomic E-state index is 0.0950. The van der Waals surface area contributed by atoms with Crippen molar-refractivity contribution in [3.63, 3.8) is 0 Å². The highest BCUT2D eigenvalue weighted by Crippen LogP contribution is 2.31. The topological polar surface area (TPSA) is 86.3 Å². The van der Waals surface area contributed by atoms with Gasteiger partial charge in [-0.2, -0.15) is 10.5 Å². The van der Waals surface area contributed by atoms with E-state index in [1.54, 1.807) is 66.7 Å². The number of carbonyl (C=O) groups excluding carboxylic acids is 1. The quantitative estimate of drug-likeness (QED) is 0.347. The molecule has 0 aliphatic carbocycles. The summed E-state index contributed by atoms with van der Waals surface area (Å²) in [6.45, 7) is 9.64. The van der Waals surface area contributed by atoms with Crippen LogP contribution in [0.15, 0.2) is 66.7 Å². The molecule has 0 saturated heterocycles. The second-order valence-electron chi connectivity index (χ2n) is 9.17. The fourth-order valence-electron chi connectivity index (χ4n) is 3.58. The van der Waals surface area contributed by atoms with E-state index in [0.29, 0.717) is 64.6 Å². The molecule has 0 bridgehead atoms. The Balaban J connectivity index is 1.97. The number of hydrogen-bond acceptors (Lipinski definition) is 5. The van der Waals surface area contributed by atoms with E-state index in [9.17, 15) is 4.79 Å². The van der Waals surface area contributed by atoms with Crippen LogP contribution in [0.2, 0.25) is 0 Å². The third kappa shape index (κ3) is 7.35. The van der Waals surface area contributed by atoms with Crippen LogP contribution in [0.5, 0.6) is 23.0 Å². The van der Waals surface area contributed by atoms with Crippen LogP contribution in [0.1, 0.15) is 49.2 Å². The largest absolute Gasteiger partial charge is 0.457 e. The first-order chi connectivity index (χ1) is 16.8. The molecule has 1 amide bonds. The number of amides is 1. The van der Waals surface area contributed by atoms with Crippen LogP contribution in [0.3, 0.4) is 0 Å². The SMILES string of the molecule is CC(C)CN(CC(C)C)C(=O)c1cc(Oc2ccc(C#N)cc2)cc(Oc2ccc(C#N)cc2)c1. The Kier molecular flexibility index (Phi) is 8.48. The van der Waals surface area contributed by atoms with Gasteiger partial charge in [-0.15, -0.1) is 0 Å². The van der Waals surface area contributed by atoms with Crippen molar-refractivity contribution >= 4 is 5.91 Å². The van der Waals surface area contributed by atoms with E-state index >= 15 is 0 Å². The first-order valence-electron chi connectivity index (χ1n) is 11.6. The zero-order chi connectivity index (χ0) is 25.4. The van der Waals surface area contributed by atoms with Gasteiger partial charge in [-0.05, 0) is 72.5 Å². The monoisotopic (exact) mass is 467 g/mol. The molecule has 0 heterocycles. The van der Waals surface area contributed by atoms with Gasteiger partial charge in [0, 0.05) is 24.7 Å². The van der Waals surface area contributed by atoms with Gasteiger partial charge in [0.2, 0.25) is 0 Å². The molecule has 3 aromatic rings. The van der Waals surface area contributed by atoms with Gasteiger partial charge in [0.25, 0.3) is 5.91 Å². The number of ether oxygens (including phenoxy) is 2. The van der Waals surface area contributed by atoms with Gasteiger partial charge in [0.05, 0.1) is 23.3 Å². The van der Waals surface area contributed by atoms with Gasteiger partial charge < -0.3 is 14.4 Å². The zero-order valence-electron chi connectivity index (χ0n) is 20.5. The normalized spacial score (nSPS) is 10.5. The van der Waals surface area contributed by atoms with Gasteiger partial charge in [-0.25, -0.2) is 0 Å². The number of carbonyl (C=O) groups is 1. The van der Waals surface area contributed by atoms with Crippen molar-refractivity contribution in [2.45, 2.75) is 27.7 Å². The molecule has 3 aromatic carbocycles. The lowest BCUT2D eigenvalue weighted by molar-refractivity contribution is 0.0714. The Morgan fingerprint density at radius 3 is 1.46 bits per heavy atom. The minimum Gasteiger partial charge on any atom is -0.457 e. The van der Waals surface area contributed by atoms with E-state index in [-0.39, 0.29) is 5.91 Å². The molecule has 6 nitrogen and oxygen atoms in total. The highest BCUT2D eigenvalue weighted by molar-refractivity contribution is 5.95. The molecule has 6 heteroatoms. The van der Waals surface area contributed by atoms with Gasteiger partial charge in [-0.1, -0.05) is 27.7 Å². The van der Waals surface area contributed by atoms with Crippen LogP contribution < -0.4 is 9.47 Å². The zero-order valence-corrected chi connectivity index (χ0v) is 20.5. The lowest BCUT2D eigenvalue weighted by Crippen LogP contribution is -2.37. The predicted octanol–water partition coefficient (Wildman–Crippen LogP) is 6.77. The smallest absolute Gasteiger partial charge is 0.254 e. The molecular weight excluding hydrogens is 438 g/mol. The Labute approximate surface area is 206 Å². The van der Waals surface area contributed by atoms with Crippen LogP contribution in [0, 0.1) is 34.5 Å². The molecule has 0 N–H and O–H groups in total. The van der Waals surface area contributed by atoms with Crippen LogP contribution >= 0.6 is 0 Å². The minimum atomic E-state index is -0.0950. The van der Waals surface area contributed by atoms with Crippen molar-refractivity contribution in [2.75, 3.05) is 13.1 Å². The Bertz CT molecular complexity index is 1150. The summed E-state index contributed by atoms with van der Waals surface area (Å²) in [5.41, 5.74) is 1.52. The maximum atomic E-state index is 13.5. The number of benzene rings is 3. The molecule has 0 unspecified atom stereocenters. The average Bonchev–Trinajstić information content (AvgIpc) is 2.83. The third-order valence-electron chi connectivity index (χ3n) is 5.02. The maximum Gasteiger partial charge on any atom is 0.254 e. The standard InChI is InChI=1S/C29H29N3O3/c1-20(2)18-32(19-21(3)4)29(33)24-13-27(34-25-9-5-22(16-30)6-10-25)15-28(14-24)35-26-11-7-23(17-31)8-12-26/h5-15,20-21H,18-19H2,1-4H3. The summed E-state index contributed by atoms with van der Waals surface area (Å²) in [7, 11) is 0. The average molecular weight is 468 g/mol. The van der Waals surface area contributed by atoms with Crippen LogP contribution in [0.25, 0.3) is 0 Å². The summed E-state index contributed by atoms with van der Waals surface area (Å²) in [5.74, 6) is 2.52. The number of hydrogen-bond donors (Lipinski definition) is 0. The van der Waals surface area contributed by atoms with Crippen molar-refractivity contribution < 1.29 is 14.3 Å². The molecular formula is C29H29N3O3. The Morgan fingerprint density at radius 2 is 1.11 bits per heavy atom. The molecule has 0 spiro atoms. The summed E-state index contributed by atoms with van der Waals surface area (Å²) in [5, 5.41) is 18.1. The van der Waals surface area contributed by atoms with Crippen molar-refractivity contribution in [3.05, 3.63) is 83.4 Å². The van der Waals surface area contributed by atoms with Crippen molar-refractivity contribution in [1.82, 2.24) is 4.90 Å². The summed E-state index contributed by atoms with van der Waals surface area (Å²) in [6.07, 6.45) is 0. The fourth-order valence-corrected chi connectivity index (χ4v) is 3.58. The van der Waals surface area contributed by atoms with Crippen molar-refractivity contribution in [1.29, 1.82) is 10.5 Å². The van der Waals surface area contributed by atoms with Crippen LogP contribution in [-0.4, -0.2) is 23.9 Å². The van der Waals surface area contributed by atoms with E-state index in [1.807, 2.05) is 4.90 Å². The third-order valence-corrected chi connectivity index (χ3v) is 5.02. The van der Waals surface area contributed by atoms with Crippen LogP contribution in [0.4, 0.5) is 0 Å². The highest BCUT2D eigenvalue weighted by atomic mass is 16.5. The fraction of sp³-hybridized carbons (Fsp3) is 0.276. The lowest BCUT2D eigenvalue weighted by Gasteiger charge is -2.27. The van der Waals surface area contributed by atoms with Gasteiger partial charge in [0.15, 0.2) is 0 Å². The summed E-state index contributed by atoms with van der Waals surface area (Å²) in [6, 6.07) is 22.8. The Hall–Kier alpha value is -4.29. The second kappa shape index (κ2) is 11.7. The summed E-state index contributed by atoms with van der Waals surface area (Å²) < 4.78 is 12.0. The van der Waals surface area contributed by atoms with Gasteiger partial charge in [0.1, 0.15) is 23.0 Å². The number of nitrogens with zero attached hydrogens (tertiary/aromatic N) is 3. The summed E-state index contributed by atoms with van der Waals surface area (Å²) in [4.78, 5) is 15.4. The first kappa shape index (κ1) is 25.3. The molecule has 0 aliphatic heterocycles. The van der Waals surface area contributed by atoms with E-state index < -0.39 is 0 Å². The molecule has 0 radical (unpaired) electrons.